The van der Waals surface area contributed by atoms with E-state index in [2.05, 4.69) is 0 Å². The molecule has 0 heterocycles. The van der Waals surface area contributed by atoms with Crippen LogP contribution in [0.15, 0.2) is 18.2 Å². The standard InChI is InChI=1S/C15H22O2/c1-11-7-8-15(17-2)13(9-11)14(16)10-12-5-3-4-6-12/h7-9,12,14,16H,3-6,10H2,1-2H3. The van der Waals surface area contributed by atoms with Gasteiger partial charge in [-0.25, -0.2) is 0 Å². The lowest BCUT2D eigenvalue weighted by Gasteiger charge is -2.18. The lowest BCUT2D eigenvalue weighted by Crippen LogP contribution is -2.06. The molecule has 0 amide bonds. The van der Waals surface area contributed by atoms with Gasteiger partial charge in [0.15, 0.2) is 0 Å². The zero-order valence-electron chi connectivity index (χ0n) is 10.8. The number of benzene rings is 1. The molecule has 1 fully saturated rings. The van der Waals surface area contributed by atoms with E-state index in [-0.39, 0.29) is 6.10 Å². The zero-order chi connectivity index (χ0) is 12.3. The van der Waals surface area contributed by atoms with Crippen LogP contribution in [0.25, 0.3) is 0 Å². The highest BCUT2D eigenvalue weighted by molar-refractivity contribution is 5.38. The first-order valence-corrected chi connectivity index (χ1v) is 6.53. The van der Waals surface area contributed by atoms with Crippen LogP contribution < -0.4 is 4.74 Å². The summed E-state index contributed by atoms with van der Waals surface area (Å²) in [6.45, 7) is 2.05. The van der Waals surface area contributed by atoms with E-state index in [1.807, 2.05) is 25.1 Å². The summed E-state index contributed by atoms with van der Waals surface area (Å²) < 4.78 is 5.33. The lowest BCUT2D eigenvalue weighted by atomic mass is 9.94. The van der Waals surface area contributed by atoms with Crippen molar-refractivity contribution in [3.8, 4) is 5.75 Å². The van der Waals surface area contributed by atoms with Gasteiger partial charge in [-0.15, -0.1) is 0 Å². The molecule has 0 radical (unpaired) electrons. The van der Waals surface area contributed by atoms with Gasteiger partial charge in [-0.3, -0.25) is 0 Å². The first-order chi connectivity index (χ1) is 8.20. The van der Waals surface area contributed by atoms with Gasteiger partial charge in [-0.2, -0.15) is 0 Å². The van der Waals surface area contributed by atoms with E-state index in [4.69, 9.17) is 4.74 Å². The van der Waals surface area contributed by atoms with Gasteiger partial charge >= 0.3 is 0 Å². The van der Waals surface area contributed by atoms with E-state index >= 15 is 0 Å². The summed E-state index contributed by atoms with van der Waals surface area (Å²) in [5.41, 5.74) is 2.12. The summed E-state index contributed by atoms with van der Waals surface area (Å²) in [7, 11) is 1.66. The molecule has 1 atom stereocenters. The summed E-state index contributed by atoms with van der Waals surface area (Å²) in [5.74, 6) is 1.50. The van der Waals surface area contributed by atoms with Crippen LogP contribution in [-0.2, 0) is 0 Å². The Bertz CT molecular complexity index is 367. The molecule has 1 aromatic rings. The Hall–Kier alpha value is -1.02. The molecule has 17 heavy (non-hydrogen) atoms. The Labute approximate surface area is 104 Å². The molecule has 2 heteroatoms. The molecule has 1 aliphatic rings. The predicted octanol–water partition coefficient (Wildman–Crippen LogP) is 3.62. The molecular formula is C15H22O2. The predicted molar refractivity (Wildman–Crippen MR) is 69.3 cm³/mol. The van der Waals surface area contributed by atoms with Crippen molar-refractivity contribution in [2.24, 2.45) is 5.92 Å². The first kappa shape index (κ1) is 12.4. The van der Waals surface area contributed by atoms with Crippen molar-refractivity contribution in [2.45, 2.75) is 45.1 Å². The first-order valence-electron chi connectivity index (χ1n) is 6.53. The number of aliphatic hydroxyl groups is 1. The number of hydrogen-bond donors (Lipinski definition) is 1. The van der Waals surface area contributed by atoms with Crippen LogP contribution in [0.4, 0.5) is 0 Å². The smallest absolute Gasteiger partial charge is 0.124 e. The molecule has 0 aliphatic heterocycles. The second-order valence-electron chi connectivity index (χ2n) is 5.15. The van der Waals surface area contributed by atoms with Crippen LogP contribution >= 0.6 is 0 Å². The molecule has 0 saturated heterocycles. The topological polar surface area (TPSA) is 29.5 Å². The van der Waals surface area contributed by atoms with E-state index < -0.39 is 0 Å². The van der Waals surface area contributed by atoms with Crippen molar-refractivity contribution in [2.75, 3.05) is 7.11 Å². The number of ether oxygens (including phenoxy) is 1. The van der Waals surface area contributed by atoms with Crippen molar-refractivity contribution in [3.05, 3.63) is 29.3 Å². The summed E-state index contributed by atoms with van der Waals surface area (Å²) in [6.07, 6.45) is 5.67. The molecule has 1 N–H and O–H groups in total. The molecule has 2 nitrogen and oxygen atoms in total. The molecule has 0 aromatic heterocycles. The average molecular weight is 234 g/mol. The van der Waals surface area contributed by atoms with Crippen LogP contribution in [0.5, 0.6) is 5.75 Å². The normalized spacial score (nSPS) is 18.3. The van der Waals surface area contributed by atoms with Gasteiger partial charge < -0.3 is 9.84 Å². The zero-order valence-corrected chi connectivity index (χ0v) is 10.8. The fourth-order valence-corrected chi connectivity index (χ4v) is 2.80. The summed E-state index contributed by atoms with van der Waals surface area (Å²) in [5, 5.41) is 10.3. The number of methoxy groups -OCH3 is 1. The second kappa shape index (κ2) is 5.54. The highest BCUT2D eigenvalue weighted by atomic mass is 16.5. The Morgan fingerprint density at radius 1 is 1.35 bits per heavy atom. The summed E-state index contributed by atoms with van der Waals surface area (Å²) >= 11 is 0. The van der Waals surface area contributed by atoms with Crippen LogP contribution in [0.2, 0.25) is 0 Å². The maximum Gasteiger partial charge on any atom is 0.124 e. The number of aryl methyl sites for hydroxylation is 1. The van der Waals surface area contributed by atoms with Crippen molar-refractivity contribution in [1.29, 1.82) is 0 Å². The van der Waals surface area contributed by atoms with E-state index in [1.54, 1.807) is 7.11 Å². The van der Waals surface area contributed by atoms with Crippen molar-refractivity contribution in [3.63, 3.8) is 0 Å². The quantitative estimate of drug-likeness (QED) is 0.862. The maximum absolute atomic E-state index is 10.3. The van der Waals surface area contributed by atoms with Crippen LogP contribution in [0.3, 0.4) is 0 Å². The van der Waals surface area contributed by atoms with Gasteiger partial charge in [0.25, 0.3) is 0 Å². The third-order valence-corrected chi connectivity index (χ3v) is 3.78. The fraction of sp³-hybridized carbons (Fsp3) is 0.600. The van der Waals surface area contributed by atoms with Gasteiger partial charge in [-0.1, -0.05) is 37.3 Å². The highest BCUT2D eigenvalue weighted by Gasteiger charge is 2.21. The molecule has 1 unspecified atom stereocenters. The largest absolute Gasteiger partial charge is 0.496 e. The third-order valence-electron chi connectivity index (χ3n) is 3.78. The number of aliphatic hydroxyl groups excluding tert-OH is 1. The molecule has 1 aliphatic carbocycles. The van der Waals surface area contributed by atoms with E-state index in [0.29, 0.717) is 5.92 Å². The highest BCUT2D eigenvalue weighted by Crippen LogP contribution is 2.36. The van der Waals surface area contributed by atoms with Gasteiger partial charge in [0.2, 0.25) is 0 Å². The van der Waals surface area contributed by atoms with Gasteiger partial charge in [-0.05, 0) is 31.4 Å². The molecule has 94 valence electrons. The average Bonchev–Trinajstić information content (AvgIpc) is 2.81. The molecule has 1 saturated carbocycles. The summed E-state index contributed by atoms with van der Waals surface area (Å²) in [4.78, 5) is 0. The van der Waals surface area contributed by atoms with E-state index in [9.17, 15) is 5.11 Å². The number of hydrogen-bond acceptors (Lipinski definition) is 2. The van der Waals surface area contributed by atoms with Crippen molar-refractivity contribution < 1.29 is 9.84 Å². The molecule has 1 aromatic carbocycles. The minimum absolute atomic E-state index is 0.382. The lowest BCUT2D eigenvalue weighted by molar-refractivity contribution is 0.141. The third kappa shape index (κ3) is 3.01. The van der Waals surface area contributed by atoms with Crippen LogP contribution in [0.1, 0.15) is 49.3 Å². The van der Waals surface area contributed by atoms with Crippen molar-refractivity contribution >= 4 is 0 Å². The van der Waals surface area contributed by atoms with E-state index in [0.717, 1.165) is 17.7 Å². The Balaban J connectivity index is 2.11. The monoisotopic (exact) mass is 234 g/mol. The Morgan fingerprint density at radius 2 is 2.06 bits per heavy atom. The summed E-state index contributed by atoms with van der Waals surface area (Å²) in [6, 6.07) is 6.01. The Morgan fingerprint density at radius 3 is 2.71 bits per heavy atom. The van der Waals surface area contributed by atoms with E-state index in [1.165, 1.54) is 31.2 Å². The molecule has 2 rings (SSSR count). The van der Waals surface area contributed by atoms with Gasteiger partial charge in [0, 0.05) is 5.56 Å². The molecule has 0 bridgehead atoms. The minimum Gasteiger partial charge on any atom is -0.496 e. The van der Waals surface area contributed by atoms with Gasteiger partial charge in [0.1, 0.15) is 5.75 Å². The minimum atomic E-state index is -0.382. The molecular weight excluding hydrogens is 212 g/mol. The van der Waals surface area contributed by atoms with Crippen LogP contribution in [0, 0.1) is 12.8 Å². The second-order valence-corrected chi connectivity index (χ2v) is 5.15. The van der Waals surface area contributed by atoms with Crippen molar-refractivity contribution in [1.82, 2.24) is 0 Å². The van der Waals surface area contributed by atoms with Gasteiger partial charge in [0.05, 0.1) is 13.2 Å². The SMILES string of the molecule is COc1ccc(C)cc1C(O)CC1CCCC1. The molecule has 0 spiro atoms. The number of rotatable bonds is 4. The van der Waals surface area contributed by atoms with Crippen LogP contribution in [-0.4, -0.2) is 12.2 Å². The fourth-order valence-electron chi connectivity index (χ4n) is 2.80. The maximum atomic E-state index is 10.3. The Kier molecular flexibility index (Phi) is 4.06.